The number of hydrogen-bond acceptors (Lipinski definition) is 4. The molecule has 0 aliphatic heterocycles. The van der Waals surface area contributed by atoms with Gasteiger partial charge in [0.2, 0.25) is 5.91 Å². The van der Waals surface area contributed by atoms with E-state index in [9.17, 15) is 19.8 Å². The fraction of sp³-hybridized carbons (Fsp3) is 0.630. The van der Waals surface area contributed by atoms with Crippen LogP contribution in [0.1, 0.15) is 93.6 Å². The zero-order valence-electron chi connectivity index (χ0n) is 20.1. The fourth-order valence-corrected chi connectivity index (χ4v) is 5.44. The number of carboxylic acids is 1. The number of carbonyl (C=O) groups is 2. The molecule has 2 aliphatic rings. The van der Waals surface area contributed by atoms with Gasteiger partial charge in [0.05, 0.1) is 16.7 Å². The van der Waals surface area contributed by atoms with Gasteiger partial charge < -0.3 is 15.1 Å². The van der Waals surface area contributed by atoms with Gasteiger partial charge in [-0.2, -0.15) is 0 Å². The predicted molar refractivity (Wildman–Crippen MR) is 132 cm³/mol. The molecule has 0 unspecified atom stereocenters. The molecule has 178 valence electrons. The molecule has 0 saturated heterocycles. The molecule has 2 saturated carbocycles. The number of carboxylic acid groups (broad SMARTS) is 1. The molecule has 3 rings (SSSR count). The van der Waals surface area contributed by atoms with E-state index < -0.39 is 5.97 Å². The Bertz CT molecular complexity index is 981. The number of aliphatic hydroxyl groups excluding tert-OH is 1. The highest BCUT2D eigenvalue weighted by molar-refractivity contribution is 7.15. The first-order valence-corrected chi connectivity index (χ1v) is 12.8. The van der Waals surface area contributed by atoms with Gasteiger partial charge in [-0.1, -0.05) is 12.8 Å². The van der Waals surface area contributed by atoms with Crippen LogP contribution in [-0.2, 0) is 4.79 Å². The first kappa shape index (κ1) is 25.3. The Morgan fingerprint density at radius 3 is 2.24 bits per heavy atom. The van der Waals surface area contributed by atoms with Crippen LogP contribution in [0.5, 0.6) is 0 Å². The zero-order valence-corrected chi connectivity index (χ0v) is 20.9. The number of rotatable bonds is 4. The lowest BCUT2D eigenvalue weighted by atomic mass is 9.81. The zero-order chi connectivity index (χ0) is 24.2. The highest BCUT2D eigenvalue weighted by atomic mass is 32.1. The summed E-state index contributed by atoms with van der Waals surface area (Å²) >= 11 is 1.10. The first-order valence-electron chi connectivity index (χ1n) is 12.0. The second-order valence-corrected chi connectivity index (χ2v) is 11.6. The topological polar surface area (TPSA) is 77.8 Å². The number of amides is 1. The first-order chi connectivity index (χ1) is 15.5. The Hall–Kier alpha value is -2.28. The second-order valence-electron chi connectivity index (χ2n) is 10.5. The van der Waals surface area contributed by atoms with Gasteiger partial charge in [0.25, 0.3) is 0 Å². The minimum Gasteiger partial charge on any atom is -0.477 e. The smallest absolute Gasteiger partial charge is 0.348 e. The number of nitrogens with zero attached hydrogens (tertiary/aromatic N) is 1. The van der Waals surface area contributed by atoms with E-state index in [1.54, 1.807) is 11.0 Å². The molecular formula is C27H35NO4S. The van der Waals surface area contributed by atoms with Gasteiger partial charge in [0.1, 0.15) is 4.88 Å². The molecule has 0 aromatic carbocycles. The summed E-state index contributed by atoms with van der Waals surface area (Å²) in [7, 11) is 0. The lowest BCUT2D eigenvalue weighted by molar-refractivity contribution is -0.124. The van der Waals surface area contributed by atoms with Crippen LogP contribution < -0.4 is 4.90 Å². The maximum atomic E-state index is 13.8. The molecule has 0 spiro atoms. The highest BCUT2D eigenvalue weighted by Crippen LogP contribution is 2.38. The Labute approximate surface area is 201 Å². The molecule has 0 bridgehead atoms. The van der Waals surface area contributed by atoms with Crippen molar-refractivity contribution in [3.63, 3.8) is 0 Å². The number of anilines is 1. The van der Waals surface area contributed by atoms with E-state index in [0.29, 0.717) is 42.2 Å². The van der Waals surface area contributed by atoms with Crippen molar-refractivity contribution in [1.82, 2.24) is 0 Å². The van der Waals surface area contributed by atoms with E-state index in [2.05, 4.69) is 30.6 Å². The fourth-order valence-electron chi connectivity index (χ4n) is 4.60. The van der Waals surface area contributed by atoms with Crippen molar-refractivity contribution in [2.24, 2.45) is 17.3 Å². The van der Waals surface area contributed by atoms with E-state index in [0.717, 1.165) is 37.0 Å². The average molecular weight is 470 g/mol. The van der Waals surface area contributed by atoms with Crippen LogP contribution >= 0.6 is 11.3 Å². The summed E-state index contributed by atoms with van der Waals surface area (Å²) in [4.78, 5) is 28.4. The van der Waals surface area contributed by atoms with Crippen molar-refractivity contribution >= 4 is 28.9 Å². The number of thiophene rings is 1. The molecular weight excluding hydrogens is 434 g/mol. The van der Waals surface area contributed by atoms with Crippen molar-refractivity contribution < 1.29 is 19.8 Å². The third-order valence-electron chi connectivity index (χ3n) is 6.49. The van der Waals surface area contributed by atoms with Crippen LogP contribution in [0.25, 0.3) is 0 Å². The van der Waals surface area contributed by atoms with Crippen molar-refractivity contribution in [3.8, 4) is 23.7 Å². The van der Waals surface area contributed by atoms with E-state index >= 15 is 0 Å². The van der Waals surface area contributed by atoms with Crippen LogP contribution in [0.4, 0.5) is 5.69 Å². The average Bonchev–Trinajstić information content (AvgIpc) is 3.16. The lowest BCUT2D eigenvalue weighted by Crippen LogP contribution is -2.47. The third-order valence-corrected chi connectivity index (χ3v) is 7.51. The lowest BCUT2D eigenvalue weighted by Gasteiger charge is -2.38. The van der Waals surface area contributed by atoms with E-state index in [4.69, 9.17) is 0 Å². The van der Waals surface area contributed by atoms with Crippen LogP contribution in [0, 0.1) is 40.9 Å². The Balaban J connectivity index is 1.97. The van der Waals surface area contributed by atoms with Gasteiger partial charge in [-0.15, -0.1) is 11.3 Å². The monoisotopic (exact) mass is 469 g/mol. The van der Waals surface area contributed by atoms with Gasteiger partial charge in [-0.3, -0.25) is 4.79 Å². The number of aliphatic hydroxyl groups is 1. The largest absolute Gasteiger partial charge is 0.477 e. The van der Waals surface area contributed by atoms with Crippen molar-refractivity contribution in [2.75, 3.05) is 4.90 Å². The molecule has 0 atom stereocenters. The van der Waals surface area contributed by atoms with Crippen LogP contribution in [0.3, 0.4) is 0 Å². The summed E-state index contributed by atoms with van der Waals surface area (Å²) in [5, 5.41) is 19.9. The summed E-state index contributed by atoms with van der Waals surface area (Å²) in [6.07, 6.45) is 5.96. The van der Waals surface area contributed by atoms with Gasteiger partial charge in [0.15, 0.2) is 0 Å². The summed E-state index contributed by atoms with van der Waals surface area (Å²) in [6.45, 7) is 8.23. The summed E-state index contributed by atoms with van der Waals surface area (Å²) in [5.41, 5.74) is 0.291. The van der Waals surface area contributed by atoms with Gasteiger partial charge >= 0.3 is 5.97 Å². The maximum absolute atomic E-state index is 13.8. The molecule has 1 aromatic rings. The van der Waals surface area contributed by atoms with Gasteiger partial charge in [-0.25, -0.2) is 4.79 Å². The molecule has 33 heavy (non-hydrogen) atoms. The molecule has 6 heteroatoms. The standard InChI is InChI=1S/C27H35NO4S/c1-18-8-10-19(11-9-18)25(30)28(20-12-14-21(29)15-13-20)23-17-22(33-24(23)26(31)32)7-5-6-16-27(2,3)4/h17-21,29H,8-15H2,1-4H3,(H,31,32)/t18?,19?,20-,21-. The predicted octanol–water partition coefficient (Wildman–Crippen LogP) is 5.31. The molecule has 1 heterocycles. The molecule has 2 aliphatic carbocycles. The summed E-state index contributed by atoms with van der Waals surface area (Å²) in [5.74, 6) is 11.2. The number of carbonyl (C=O) groups excluding carboxylic acids is 1. The Morgan fingerprint density at radius 1 is 1.03 bits per heavy atom. The molecule has 1 amide bonds. The summed E-state index contributed by atoms with van der Waals surface area (Å²) in [6, 6.07) is 1.64. The minimum absolute atomic E-state index is 0.0237. The molecule has 1 aromatic heterocycles. The van der Waals surface area contributed by atoms with Crippen LogP contribution in [-0.4, -0.2) is 34.2 Å². The van der Waals surface area contributed by atoms with E-state index in [1.165, 1.54) is 0 Å². The Morgan fingerprint density at radius 2 is 1.67 bits per heavy atom. The van der Waals surface area contributed by atoms with Gasteiger partial charge in [0, 0.05) is 17.4 Å². The second kappa shape index (κ2) is 10.8. The number of hydrogen-bond donors (Lipinski definition) is 2. The quantitative estimate of drug-likeness (QED) is 0.586. The minimum atomic E-state index is -1.05. The SMILES string of the molecule is CC1CCC(C(=O)N(c2cc(C#CC#CC(C)(C)C)sc2C(=O)O)[C@H]2CC[C@H](O)CC2)CC1. The summed E-state index contributed by atoms with van der Waals surface area (Å²) < 4.78 is 0. The molecule has 2 fully saturated rings. The molecule has 0 radical (unpaired) electrons. The van der Waals surface area contributed by atoms with Crippen LogP contribution in [0.15, 0.2) is 6.07 Å². The van der Waals surface area contributed by atoms with Gasteiger partial charge in [-0.05, 0) is 102 Å². The third kappa shape index (κ3) is 6.85. The highest BCUT2D eigenvalue weighted by Gasteiger charge is 2.37. The maximum Gasteiger partial charge on any atom is 0.348 e. The Kier molecular flexibility index (Phi) is 8.27. The number of aromatic carboxylic acids is 1. The van der Waals surface area contributed by atoms with Crippen LogP contribution in [0.2, 0.25) is 0 Å². The van der Waals surface area contributed by atoms with Crippen molar-refractivity contribution in [3.05, 3.63) is 15.8 Å². The van der Waals surface area contributed by atoms with E-state index in [1.807, 2.05) is 20.8 Å². The molecule has 5 nitrogen and oxygen atoms in total. The van der Waals surface area contributed by atoms with Crippen molar-refractivity contribution in [1.29, 1.82) is 0 Å². The van der Waals surface area contributed by atoms with Crippen molar-refractivity contribution in [2.45, 2.75) is 91.2 Å². The molecule has 2 N–H and O–H groups in total. The van der Waals surface area contributed by atoms with E-state index in [-0.39, 0.29) is 34.3 Å². The normalized spacial score (nSPS) is 25.2.